The van der Waals surface area contributed by atoms with E-state index in [0.29, 0.717) is 16.9 Å². The Bertz CT molecular complexity index is 764. The molecule has 0 spiro atoms. The van der Waals surface area contributed by atoms with E-state index in [0.717, 1.165) is 11.3 Å². The number of hydrogen-bond donors (Lipinski definition) is 1. The minimum Gasteiger partial charge on any atom is -0.345 e. The van der Waals surface area contributed by atoms with E-state index >= 15 is 0 Å². The zero-order chi connectivity index (χ0) is 16.4. The molecule has 0 saturated carbocycles. The maximum absolute atomic E-state index is 13.8. The van der Waals surface area contributed by atoms with Crippen LogP contribution in [-0.4, -0.2) is 16.6 Å². The molecule has 2 aromatic rings. The molecule has 1 aliphatic rings. The van der Waals surface area contributed by atoms with Crippen LogP contribution in [0.4, 0.5) is 10.1 Å². The van der Waals surface area contributed by atoms with Gasteiger partial charge in [-0.2, -0.15) is 0 Å². The molecule has 7 heteroatoms. The molecule has 1 N–H and O–H groups in total. The van der Waals surface area contributed by atoms with Crippen molar-refractivity contribution in [1.82, 2.24) is 5.32 Å². The molecule has 0 radical (unpaired) electrons. The van der Waals surface area contributed by atoms with Crippen LogP contribution in [0.25, 0.3) is 0 Å². The molecule has 1 heterocycles. The second-order valence-electron chi connectivity index (χ2n) is 5.13. The van der Waals surface area contributed by atoms with Gasteiger partial charge in [-0.25, -0.2) is 4.39 Å². The highest BCUT2D eigenvalue weighted by atomic mass is 32.2. The van der Waals surface area contributed by atoms with Crippen molar-refractivity contribution in [1.29, 1.82) is 0 Å². The average molecular weight is 332 g/mol. The number of nitrogens with one attached hydrogen (secondary N) is 1. The van der Waals surface area contributed by atoms with Crippen LogP contribution >= 0.6 is 11.8 Å². The molecule has 0 saturated heterocycles. The third kappa shape index (κ3) is 3.19. The van der Waals surface area contributed by atoms with Gasteiger partial charge in [-0.05, 0) is 30.2 Å². The predicted molar refractivity (Wildman–Crippen MR) is 85.0 cm³/mol. The minimum absolute atomic E-state index is 0.0666. The Kier molecular flexibility index (Phi) is 4.29. The van der Waals surface area contributed by atoms with E-state index in [2.05, 4.69) is 5.32 Å². The van der Waals surface area contributed by atoms with Gasteiger partial charge < -0.3 is 5.32 Å². The highest BCUT2D eigenvalue weighted by Gasteiger charge is 2.24. The van der Waals surface area contributed by atoms with Crippen molar-refractivity contribution in [3.05, 3.63) is 69.5 Å². The van der Waals surface area contributed by atoms with Gasteiger partial charge in [0.15, 0.2) is 0 Å². The summed E-state index contributed by atoms with van der Waals surface area (Å²) in [5.74, 6) is 0.118. The van der Waals surface area contributed by atoms with Gasteiger partial charge in [0.05, 0.1) is 11.0 Å². The molecule has 0 bridgehead atoms. The first-order valence-corrected chi connectivity index (χ1v) is 8.01. The quantitative estimate of drug-likeness (QED) is 0.687. The van der Waals surface area contributed by atoms with E-state index in [9.17, 15) is 19.3 Å². The maximum Gasteiger partial charge on any atom is 0.269 e. The van der Waals surface area contributed by atoms with Crippen molar-refractivity contribution in [3.63, 3.8) is 0 Å². The summed E-state index contributed by atoms with van der Waals surface area (Å²) in [6, 6.07) is 10.0. The van der Waals surface area contributed by atoms with Crippen LogP contribution in [0.2, 0.25) is 0 Å². The molecular weight excluding hydrogens is 319 g/mol. The summed E-state index contributed by atoms with van der Waals surface area (Å²) in [6.45, 7) is 0. The van der Waals surface area contributed by atoms with E-state index in [1.165, 1.54) is 42.1 Å². The summed E-state index contributed by atoms with van der Waals surface area (Å²) in [4.78, 5) is 23.0. The van der Waals surface area contributed by atoms with Crippen molar-refractivity contribution in [2.75, 3.05) is 5.75 Å². The number of thioether (sulfide) groups is 1. The van der Waals surface area contributed by atoms with Crippen molar-refractivity contribution in [2.24, 2.45) is 0 Å². The molecule has 3 rings (SSSR count). The van der Waals surface area contributed by atoms with Gasteiger partial charge in [-0.15, -0.1) is 11.8 Å². The van der Waals surface area contributed by atoms with Gasteiger partial charge in [0.25, 0.3) is 11.6 Å². The zero-order valence-electron chi connectivity index (χ0n) is 12.0. The van der Waals surface area contributed by atoms with Gasteiger partial charge in [-0.1, -0.05) is 12.1 Å². The van der Waals surface area contributed by atoms with Crippen molar-refractivity contribution < 1.29 is 14.1 Å². The molecule has 0 unspecified atom stereocenters. The second kappa shape index (κ2) is 6.37. The van der Waals surface area contributed by atoms with E-state index in [-0.39, 0.29) is 23.5 Å². The average Bonchev–Trinajstić information content (AvgIpc) is 2.56. The molecule has 118 valence electrons. The first-order valence-electron chi connectivity index (χ1n) is 7.03. The Labute approximate surface area is 136 Å². The normalized spacial score (nSPS) is 16.5. The molecule has 5 nitrogen and oxygen atoms in total. The molecule has 1 atom stereocenters. The molecule has 1 aliphatic heterocycles. The Morgan fingerprint density at radius 2 is 2.00 bits per heavy atom. The zero-order valence-corrected chi connectivity index (χ0v) is 12.8. The van der Waals surface area contributed by atoms with Crippen LogP contribution in [0.15, 0.2) is 47.4 Å². The first-order chi connectivity index (χ1) is 11.1. The standard InChI is InChI=1S/C16H13FN2O3S/c17-13-3-1-2-12-14(8-9-23-15(12)13)18-16(20)10-4-6-11(7-5-10)19(21)22/h1-7,14H,8-9H2,(H,18,20)/t14-/m0/s1. The van der Waals surface area contributed by atoms with Crippen molar-refractivity contribution in [3.8, 4) is 0 Å². The Hall–Kier alpha value is -2.41. The summed E-state index contributed by atoms with van der Waals surface area (Å²) in [5.41, 5.74) is 1.05. The van der Waals surface area contributed by atoms with Gasteiger partial charge in [0.1, 0.15) is 5.82 Å². The lowest BCUT2D eigenvalue weighted by Crippen LogP contribution is -2.30. The number of nitro benzene ring substituents is 1. The van der Waals surface area contributed by atoms with Crippen LogP contribution < -0.4 is 5.32 Å². The summed E-state index contributed by atoms with van der Waals surface area (Å²) in [5, 5.41) is 13.5. The summed E-state index contributed by atoms with van der Waals surface area (Å²) in [7, 11) is 0. The third-order valence-electron chi connectivity index (χ3n) is 3.67. The predicted octanol–water partition coefficient (Wildman–Crippen LogP) is 3.70. The number of carbonyl (C=O) groups excluding carboxylic acids is 1. The molecule has 2 aromatic carbocycles. The lowest BCUT2D eigenvalue weighted by Gasteiger charge is -2.26. The second-order valence-corrected chi connectivity index (χ2v) is 6.23. The van der Waals surface area contributed by atoms with Crippen molar-refractivity contribution >= 4 is 23.4 Å². The summed E-state index contributed by atoms with van der Waals surface area (Å²) >= 11 is 1.45. The SMILES string of the molecule is O=C(N[C@H]1CCSc2c(F)cccc21)c1ccc([N+](=O)[O-])cc1. The van der Waals surface area contributed by atoms with Crippen molar-refractivity contribution in [2.45, 2.75) is 17.4 Å². The first kappa shape index (κ1) is 15.5. The molecule has 0 aromatic heterocycles. The smallest absolute Gasteiger partial charge is 0.269 e. The minimum atomic E-state index is -0.515. The van der Waals surface area contributed by atoms with Gasteiger partial charge in [-0.3, -0.25) is 14.9 Å². The fourth-order valence-corrected chi connectivity index (χ4v) is 3.65. The van der Waals surface area contributed by atoms with Crippen LogP contribution in [0.5, 0.6) is 0 Å². The number of hydrogen-bond acceptors (Lipinski definition) is 4. The third-order valence-corrected chi connectivity index (χ3v) is 4.83. The fourth-order valence-electron chi connectivity index (χ4n) is 2.51. The maximum atomic E-state index is 13.8. The molecule has 0 aliphatic carbocycles. The van der Waals surface area contributed by atoms with Crippen LogP contribution in [0.1, 0.15) is 28.4 Å². The molecule has 1 amide bonds. The number of fused-ring (bicyclic) bond motifs is 1. The Morgan fingerprint density at radius 1 is 1.26 bits per heavy atom. The number of nitro groups is 1. The number of benzene rings is 2. The van der Waals surface area contributed by atoms with Crippen LogP contribution in [0, 0.1) is 15.9 Å². The largest absolute Gasteiger partial charge is 0.345 e. The van der Waals surface area contributed by atoms with Crippen LogP contribution in [-0.2, 0) is 0 Å². The highest BCUT2D eigenvalue weighted by Crippen LogP contribution is 2.37. The fraction of sp³-hybridized carbons (Fsp3) is 0.188. The Balaban J connectivity index is 1.79. The van der Waals surface area contributed by atoms with Crippen LogP contribution in [0.3, 0.4) is 0 Å². The summed E-state index contributed by atoms with van der Waals surface area (Å²) in [6.07, 6.45) is 0.708. The lowest BCUT2D eigenvalue weighted by molar-refractivity contribution is -0.384. The number of amides is 1. The van der Waals surface area contributed by atoms with E-state index in [1.54, 1.807) is 6.07 Å². The van der Waals surface area contributed by atoms with Gasteiger partial charge in [0, 0.05) is 28.3 Å². The van der Waals surface area contributed by atoms with E-state index in [4.69, 9.17) is 0 Å². The number of nitrogens with zero attached hydrogens (tertiary/aromatic N) is 1. The molecule has 0 fully saturated rings. The number of halogens is 1. The lowest BCUT2D eigenvalue weighted by atomic mass is 10.0. The van der Waals surface area contributed by atoms with E-state index < -0.39 is 4.92 Å². The number of non-ortho nitro benzene ring substituents is 1. The monoisotopic (exact) mass is 332 g/mol. The molecular formula is C16H13FN2O3S. The van der Waals surface area contributed by atoms with E-state index in [1.807, 2.05) is 6.07 Å². The Morgan fingerprint density at radius 3 is 2.70 bits per heavy atom. The van der Waals surface area contributed by atoms with Gasteiger partial charge in [0.2, 0.25) is 0 Å². The van der Waals surface area contributed by atoms with Gasteiger partial charge >= 0.3 is 0 Å². The highest BCUT2D eigenvalue weighted by molar-refractivity contribution is 7.99. The molecule has 23 heavy (non-hydrogen) atoms. The number of rotatable bonds is 3. The topological polar surface area (TPSA) is 72.2 Å². The summed E-state index contributed by atoms with van der Waals surface area (Å²) < 4.78 is 13.8. The number of carbonyl (C=O) groups is 1.